The van der Waals surface area contributed by atoms with E-state index in [1.807, 2.05) is 48.9 Å². The first-order chi connectivity index (χ1) is 14.4. The van der Waals surface area contributed by atoms with E-state index in [0.717, 1.165) is 28.2 Å². The summed E-state index contributed by atoms with van der Waals surface area (Å²) in [5.74, 6) is -0.250. The topological polar surface area (TPSA) is 75.6 Å². The van der Waals surface area contributed by atoms with Crippen molar-refractivity contribution in [3.8, 4) is 16.9 Å². The summed E-state index contributed by atoms with van der Waals surface area (Å²) < 4.78 is 1.88. The van der Waals surface area contributed by atoms with E-state index >= 15 is 0 Å². The number of aryl methyl sites for hydroxylation is 1. The lowest BCUT2D eigenvalue weighted by atomic mass is 10.1. The SMILES string of the molecule is Cc1nn(-c2ccccc2)c(C)c1CNC(=O)c1cc(-c2ccc(Cl)c(Cl)c2)n[nH]1. The van der Waals surface area contributed by atoms with Crippen molar-refractivity contribution in [2.24, 2.45) is 0 Å². The van der Waals surface area contributed by atoms with Crippen LogP contribution < -0.4 is 5.32 Å². The lowest BCUT2D eigenvalue weighted by Crippen LogP contribution is -2.23. The molecule has 0 saturated heterocycles. The van der Waals surface area contributed by atoms with Gasteiger partial charge in [0.05, 0.1) is 27.1 Å². The van der Waals surface area contributed by atoms with Crippen LogP contribution in [0.3, 0.4) is 0 Å². The van der Waals surface area contributed by atoms with Crippen molar-refractivity contribution in [3.63, 3.8) is 0 Å². The number of hydrogen-bond acceptors (Lipinski definition) is 3. The fourth-order valence-corrected chi connectivity index (χ4v) is 3.55. The van der Waals surface area contributed by atoms with Crippen LogP contribution in [-0.4, -0.2) is 25.9 Å². The second kappa shape index (κ2) is 8.34. The molecular weight excluding hydrogens is 421 g/mol. The third kappa shape index (κ3) is 3.97. The van der Waals surface area contributed by atoms with E-state index < -0.39 is 0 Å². The summed E-state index contributed by atoms with van der Waals surface area (Å²) in [5, 5.41) is 15.4. The van der Waals surface area contributed by atoms with Crippen molar-refractivity contribution in [1.82, 2.24) is 25.3 Å². The molecule has 2 aromatic carbocycles. The third-order valence-corrected chi connectivity index (χ3v) is 5.64. The lowest BCUT2D eigenvalue weighted by molar-refractivity contribution is 0.0946. The number of carbonyl (C=O) groups is 1. The molecule has 152 valence electrons. The van der Waals surface area contributed by atoms with E-state index in [1.165, 1.54) is 0 Å². The van der Waals surface area contributed by atoms with Crippen molar-refractivity contribution in [1.29, 1.82) is 0 Å². The summed E-state index contributed by atoms with van der Waals surface area (Å²) in [5.41, 5.74) is 5.57. The van der Waals surface area contributed by atoms with Gasteiger partial charge in [0, 0.05) is 23.4 Å². The van der Waals surface area contributed by atoms with Crippen LogP contribution in [-0.2, 0) is 6.54 Å². The third-order valence-electron chi connectivity index (χ3n) is 4.91. The Hall–Kier alpha value is -3.09. The van der Waals surface area contributed by atoms with Crippen molar-refractivity contribution in [3.05, 3.63) is 87.3 Å². The molecular formula is C22H19Cl2N5O. The zero-order chi connectivity index (χ0) is 21.3. The van der Waals surface area contributed by atoms with Gasteiger partial charge in [-0.3, -0.25) is 9.89 Å². The minimum Gasteiger partial charge on any atom is -0.347 e. The Bertz CT molecular complexity index is 1210. The van der Waals surface area contributed by atoms with Crippen LogP contribution in [0.15, 0.2) is 54.6 Å². The van der Waals surface area contributed by atoms with Gasteiger partial charge in [-0.2, -0.15) is 10.2 Å². The lowest BCUT2D eigenvalue weighted by Gasteiger charge is -2.06. The van der Waals surface area contributed by atoms with Gasteiger partial charge in [-0.05, 0) is 44.2 Å². The monoisotopic (exact) mass is 439 g/mol. The summed E-state index contributed by atoms with van der Waals surface area (Å²) >= 11 is 12.0. The largest absolute Gasteiger partial charge is 0.347 e. The molecule has 2 aromatic heterocycles. The van der Waals surface area contributed by atoms with Gasteiger partial charge in [0.25, 0.3) is 5.91 Å². The number of para-hydroxylation sites is 1. The number of amides is 1. The highest BCUT2D eigenvalue weighted by Gasteiger charge is 2.16. The maximum atomic E-state index is 12.6. The minimum atomic E-state index is -0.250. The van der Waals surface area contributed by atoms with Gasteiger partial charge >= 0.3 is 0 Å². The number of aromatic amines is 1. The predicted octanol–water partition coefficient (Wildman–Crippen LogP) is 5.12. The molecule has 6 nitrogen and oxygen atoms in total. The van der Waals surface area contributed by atoms with Crippen LogP contribution in [0.2, 0.25) is 10.0 Å². The molecule has 0 fully saturated rings. The summed E-state index contributed by atoms with van der Waals surface area (Å²) in [7, 11) is 0. The number of benzene rings is 2. The Morgan fingerprint density at radius 2 is 1.83 bits per heavy atom. The molecule has 0 bridgehead atoms. The summed E-state index contributed by atoms with van der Waals surface area (Å²) in [4.78, 5) is 12.6. The van der Waals surface area contributed by atoms with Gasteiger partial charge in [-0.15, -0.1) is 0 Å². The van der Waals surface area contributed by atoms with Crippen molar-refractivity contribution in [2.45, 2.75) is 20.4 Å². The summed E-state index contributed by atoms with van der Waals surface area (Å²) in [6, 6.07) is 16.8. The molecule has 0 atom stereocenters. The fourth-order valence-electron chi connectivity index (χ4n) is 3.26. The van der Waals surface area contributed by atoms with E-state index in [-0.39, 0.29) is 5.91 Å². The maximum Gasteiger partial charge on any atom is 0.269 e. The number of H-pyrrole nitrogens is 1. The molecule has 0 unspecified atom stereocenters. The number of nitrogens with one attached hydrogen (secondary N) is 2. The average molecular weight is 440 g/mol. The highest BCUT2D eigenvalue weighted by Crippen LogP contribution is 2.27. The van der Waals surface area contributed by atoms with E-state index in [0.29, 0.717) is 28.0 Å². The Labute approximate surface area is 183 Å². The van der Waals surface area contributed by atoms with Gasteiger partial charge in [0.1, 0.15) is 5.69 Å². The van der Waals surface area contributed by atoms with Crippen molar-refractivity contribution in [2.75, 3.05) is 0 Å². The second-order valence-electron chi connectivity index (χ2n) is 6.88. The fraction of sp³-hybridized carbons (Fsp3) is 0.136. The Morgan fingerprint density at radius 3 is 2.57 bits per heavy atom. The van der Waals surface area contributed by atoms with Crippen LogP contribution in [0.5, 0.6) is 0 Å². The normalized spacial score (nSPS) is 10.9. The van der Waals surface area contributed by atoms with Crippen LogP contribution in [0, 0.1) is 13.8 Å². The quantitative estimate of drug-likeness (QED) is 0.453. The van der Waals surface area contributed by atoms with Gasteiger partial charge < -0.3 is 5.32 Å². The van der Waals surface area contributed by atoms with Gasteiger partial charge in [-0.25, -0.2) is 4.68 Å². The molecule has 1 amide bonds. The molecule has 0 radical (unpaired) electrons. The molecule has 0 aliphatic carbocycles. The predicted molar refractivity (Wildman–Crippen MR) is 118 cm³/mol. The van der Waals surface area contributed by atoms with E-state index in [2.05, 4.69) is 20.6 Å². The Morgan fingerprint density at radius 1 is 1.07 bits per heavy atom. The van der Waals surface area contributed by atoms with Crippen LogP contribution in [0.4, 0.5) is 0 Å². The highest BCUT2D eigenvalue weighted by molar-refractivity contribution is 6.42. The molecule has 0 spiro atoms. The smallest absolute Gasteiger partial charge is 0.269 e. The highest BCUT2D eigenvalue weighted by atomic mass is 35.5. The molecule has 4 rings (SSSR count). The molecule has 4 aromatic rings. The second-order valence-corrected chi connectivity index (χ2v) is 7.69. The number of nitrogens with zero attached hydrogens (tertiary/aromatic N) is 3. The number of hydrogen-bond donors (Lipinski definition) is 2. The van der Waals surface area contributed by atoms with Crippen molar-refractivity contribution < 1.29 is 4.79 Å². The average Bonchev–Trinajstić information content (AvgIpc) is 3.34. The van der Waals surface area contributed by atoms with Crippen LogP contribution >= 0.6 is 23.2 Å². The molecule has 30 heavy (non-hydrogen) atoms. The molecule has 0 aliphatic rings. The molecule has 0 aliphatic heterocycles. The first-order valence-corrected chi connectivity index (χ1v) is 10.1. The minimum absolute atomic E-state index is 0.250. The van der Waals surface area contributed by atoms with Crippen molar-refractivity contribution >= 4 is 29.1 Å². The van der Waals surface area contributed by atoms with E-state index in [1.54, 1.807) is 24.3 Å². The van der Waals surface area contributed by atoms with Crippen LogP contribution in [0.25, 0.3) is 16.9 Å². The Balaban J connectivity index is 1.49. The zero-order valence-electron chi connectivity index (χ0n) is 16.4. The van der Waals surface area contributed by atoms with E-state index in [9.17, 15) is 4.79 Å². The van der Waals surface area contributed by atoms with Gasteiger partial charge in [0.15, 0.2) is 0 Å². The molecule has 0 saturated carbocycles. The molecule has 8 heteroatoms. The number of halogens is 2. The zero-order valence-corrected chi connectivity index (χ0v) is 17.9. The molecule has 2 heterocycles. The number of rotatable bonds is 5. The summed E-state index contributed by atoms with van der Waals surface area (Å²) in [6.45, 7) is 4.30. The summed E-state index contributed by atoms with van der Waals surface area (Å²) in [6.07, 6.45) is 0. The maximum absolute atomic E-state index is 12.6. The number of aromatic nitrogens is 4. The first-order valence-electron chi connectivity index (χ1n) is 9.33. The molecule has 2 N–H and O–H groups in total. The van der Waals surface area contributed by atoms with Gasteiger partial charge in [0.2, 0.25) is 0 Å². The standard InChI is InChI=1S/C22H19Cl2N5O/c1-13-17(14(2)29(28-13)16-6-4-3-5-7-16)12-25-22(30)21-11-20(26-27-21)15-8-9-18(23)19(24)10-15/h3-11H,12H2,1-2H3,(H,25,30)(H,26,27). The van der Waals surface area contributed by atoms with Crippen LogP contribution in [0.1, 0.15) is 27.4 Å². The number of carbonyl (C=O) groups excluding carboxylic acids is 1. The Kier molecular flexibility index (Phi) is 5.61. The van der Waals surface area contributed by atoms with Gasteiger partial charge in [-0.1, -0.05) is 47.5 Å². The van der Waals surface area contributed by atoms with E-state index in [4.69, 9.17) is 23.2 Å². The first kappa shape index (κ1) is 20.2.